The summed E-state index contributed by atoms with van der Waals surface area (Å²) in [6, 6.07) is -1.29. The molecule has 1 heterocycles. The van der Waals surface area contributed by atoms with Crippen LogP contribution < -0.4 is 0 Å². The van der Waals surface area contributed by atoms with E-state index < -0.39 is 32.9 Å². The fourth-order valence-corrected chi connectivity index (χ4v) is 5.03. The van der Waals surface area contributed by atoms with E-state index in [0.29, 0.717) is 0 Å². The SMILES string of the molecule is CC(C)OC(=O)N1[C@H]2[C@@H]([C@@H]3[C@H](N1C(=O)OC(C)C)C3(Cl)Cl)C2(Cl)Cl. The Morgan fingerprint density at radius 2 is 1.08 bits per heavy atom. The second-order valence-electron chi connectivity index (χ2n) is 6.84. The molecule has 136 valence electrons. The van der Waals surface area contributed by atoms with Gasteiger partial charge in [-0.15, -0.1) is 0 Å². The van der Waals surface area contributed by atoms with Gasteiger partial charge in [0.05, 0.1) is 24.3 Å². The first-order chi connectivity index (χ1) is 10.9. The Kier molecular flexibility index (Phi) is 4.31. The molecule has 0 aromatic heterocycles. The highest BCUT2D eigenvalue weighted by molar-refractivity contribution is 6.54. The summed E-state index contributed by atoms with van der Waals surface area (Å²) < 4.78 is 7.99. The zero-order valence-corrected chi connectivity index (χ0v) is 16.5. The number of carbonyl (C=O) groups is 2. The minimum absolute atomic E-state index is 0.330. The van der Waals surface area contributed by atoms with E-state index in [1.165, 1.54) is 0 Å². The van der Waals surface area contributed by atoms with Crippen LogP contribution in [0.2, 0.25) is 0 Å². The van der Waals surface area contributed by atoms with Gasteiger partial charge in [0.15, 0.2) is 0 Å². The maximum Gasteiger partial charge on any atom is 0.429 e. The molecule has 0 spiro atoms. The number of amides is 2. The lowest BCUT2D eigenvalue weighted by molar-refractivity contribution is -0.0596. The number of alkyl halides is 4. The quantitative estimate of drug-likeness (QED) is 0.635. The van der Waals surface area contributed by atoms with Crippen molar-refractivity contribution in [2.45, 2.75) is 60.7 Å². The highest BCUT2D eigenvalue weighted by Gasteiger charge is 2.88. The van der Waals surface area contributed by atoms with Crippen molar-refractivity contribution in [3.63, 3.8) is 0 Å². The lowest BCUT2D eigenvalue weighted by Crippen LogP contribution is -2.57. The molecule has 24 heavy (non-hydrogen) atoms. The van der Waals surface area contributed by atoms with Gasteiger partial charge in [0.25, 0.3) is 0 Å². The third kappa shape index (κ3) is 2.61. The number of hydrogen-bond donors (Lipinski definition) is 0. The van der Waals surface area contributed by atoms with Crippen LogP contribution in [0.5, 0.6) is 0 Å². The normalized spacial score (nSPS) is 34.6. The zero-order valence-electron chi connectivity index (χ0n) is 13.5. The molecule has 0 bridgehead atoms. The van der Waals surface area contributed by atoms with Crippen LogP contribution in [0.1, 0.15) is 27.7 Å². The van der Waals surface area contributed by atoms with E-state index in [0.717, 1.165) is 10.0 Å². The summed E-state index contributed by atoms with van der Waals surface area (Å²) in [5, 5.41) is 2.23. The monoisotopic (exact) mass is 418 g/mol. The van der Waals surface area contributed by atoms with Gasteiger partial charge in [-0.1, -0.05) is 46.4 Å². The minimum Gasteiger partial charge on any atom is -0.445 e. The molecule has 2 amide bonds. The molecular formula is C14H18Cl4N2O4. The number of ether oxygens (including phenoxy) is 2. The number of halogens is 4. The summed E-state index contributed by atoms with van der Waals surface area (Å²) in [5.74, 6) is -0.660. The minimum atomic E-state index is -1.24. The summed E-state index contributed by atoms with van der Waals surface area (Å²) in [5.41, 5.74) is 0. The molecule has 0 N–H and O–H groups in total. The molecule has 6 nitrogen and oxygen atoms in total. The molecule has 0 aromatic rings. The number of nitrogens with zero attached hydrogens (tertiary/aromatic N) is 2. The van der Waals surface area contributed by atoms with Crippen molar-refractivity contribution in [3.8, 4) is 0 Å². The van der Waals surface area contributed by atoms with E-state index in [1.54, 1.807) is 27.7 Å². The first-order valence-electron chi connectivity index (χ1n) is 7.67. The largest absolute Gasteiger partial charge is 0.445 e. The molecule has 0 unspecified atom stereocenters. The molecule has 0 radical (unpaired) electrons. The van der Waals surface area contributed by atoms with Gasteiger partial charge < -0.3 is 9.47 Å². The molecule has 4 atom stereocenters. The number of rotatable bonds is 2. The van der Waals surface area contributed by atoms with Gasteiger partial charge in [-0.25, -0.2) is 19.6 Å². The maximum atomic E-state index is 12.6. The van der Waals surface area contributed by atoms with Crippen molar-refractivity contribution < 1.29 is 19.1 Å². The smallest absolute Gasteiger partial charge is 0.429 e. The molecule has 2 aliphatic carbocycles. The fourth-order valence-electron chi connectivity index (χ4n) is 3.35. The van der Waals surface area contributed by atoms with Crippen molar-refractivity contribution in [2.24, 2.45) is 11.8 Å². The van der Waals surface area contributed by atoms with E-state index in [9.17, 15) is 9.59 Å². The standard InChI is InChI=1S/C14H18Cl4N2O4/c1-5(2)23-11(21)19-9-7(13(9,15)16)8-10(14(8,17)18)20(19)12(22)24-6(3)4/h5-10H,1-4H3/t7-,8-,9+,10+/m1/s1. The van der Waals surface area contributed by atoms with Gasteiger partial charge >= 0.3 is 12.2 Å². The van der Waals surface area contributed by atoms with E-state index in [4.69, 9.17) is 55.9 Å². The van der Waals surface area contributed by atoms with Gasteiger partial charge in [0, 0.05) is 11.8 Å². The van der Waals surface area contributed by atoms with Crippen LogP contribution in [-0.4, -0.2) is 55.2 Å². The summed E-state index contributed by atoms with van der Waals surface area (Å²) in [6.07, 6.45) is -2.24. The van der Waals surface area contributed by atoms with Crippen molar-refractivity contribution in [3.05, 3.63) is 0 Å². The van der Waals surface area contributed by atoms with Crippen molar-refractivity contribution in [1.29, 1.82) is 0 Å². The predicted molar refractivity (Wildman–Crippen MR) is 90.3 cm³/mol. The Morgan fingerprint density at radius 3 is 1.33 bits per heavy atom. The third-order valence-electron chi connectivity index (χ3n) is 4.33. The first kappa shape index (κ1) is 18.5. The average Bonchev–Trinajstić information content (AvgIpc) is 3.17. The predicted octanol–water partition coefficient (Wildman–Crippen LogP) is 3.95. The maximum absolute atomic E-state index is 12.6. The Bertz CT molecular complexity index is 533. The molecule has 1 saturated heterocycles. The van der Waals surface area contributed by atoms with Crippen LogP contribution >= 0.6 is 46.4 Å². The lowest BCUT2D eigenvalue weighted by Gasteiger charge is -2.37. The van der Waals surface area contributed by atoms with Gasteiger partial charge in [-0.2, -0.15) is 0 Å². The highest BCUT2D eigenvalue weighted by atomic mass is 35.5. The Labute approximate surface area is 160 Å². The van der Waals surface area contributed by atoms with E-state index in [1.807, 2.05) is 0 Å². The van der Waals surface area contributed by atoms with Crippen LogP contribution in [0.25, 0.3) is 0 Å². The molecule has 10 heteroatoms. The Morgan fingerprint density at radius 1 is 0.792 bits per heavy atom. The van der Waals surface area contributed by atoms with E-state index >= 15 is 0 Å². The van der Waals surface area contributed by atoms with Crippen LogP contribution in [-0.2, 0) is 9.47 Å². The molecule has 1 aliphatic heterocycles. The second kappa shape index (κ2) is 5.60. The summed E-state index contributed by atoms with van der Waals surface area (Å²) in [4.78, 5) is 25.1. The molecule has 3 fully saturated rings. The van der Waals surface area contributed by atoms with Crippen molar-refractivity contribution in [2.75, 3.05) is 0 Å². The first-order valence-corrected chi connectivity index (χ1v) is 9.18. The molecule has 3 aliphatic rings. The van der Waals surface area contributed by atoms with Crippen LogP contribution in [0, 0.1) is 11.8 Å². The van der Waals surface area contributed by atoms with Crippen LogP contribution in [0.15, 0.2) is 0 Å². The van der Waals surface area contributed by atoms with Gasteiger partial charge in [0.1, 0.15) is 8.67 Å². The lowest BCUT2D eigenvalue weighted by atomic mass is 10.2. The second-order valence-corrected chi connectivity index (χ2v) is 9.73. The van der Waals surface area contributed by atoms with Crippen LogP contribution in [0.3, 0.4) is 0 Å². The van der Waals surface area contributed by atoms with Gasteiger partial charge in [-0.05, 0) is 27.7 Å². The fraction of sp³-hybridized carbons (Fsp3) is 0.857. The van der Waals surface area contributed by atoms with E-state index in [-0.39, 0.29) is 24.0 Å². The zero-order chi connectivity index (χ0) is 18.2. The topological polar surface area (TPSA) is 59.1 Å². The van der Waals surface area contributed by atoms with Crippen molar-refractivity contribution in [1.82, 2.24) is 10.0 Å². The third-order valence-corrected chi connectivity index (χ3v) is 6.23. The molecule has 3 rings (SSSR count). The van der Waals surface area contributed by atoms with Crippen molar-refractivity contribution >= 4 is 58.6 Å². The number of carbonyl (C=O) groups excluding carboxylic acids is 2. The number of fused-ring (bicyclic) bond motifs is 3. The average molecular weight is 420 g/mol. The van der Waals surface area contributed by atoms with Gasteiger partial charge in [-0.3, -0.25) is 0 Å². The summed E-state index contributed by atoms with van der Waals surface area (Å²) >= 11 is 25.3. The van der Waals surface area contributed by atoms with Gasteiger partial charge in [0.2, 0.25) is 0 Å². The van der Waals surface area contributed by atoms with Crippen LogP contribution in [0.4, 0.5) is 9.59 Å². The molecule has 2 saturated carbocycles. The number of hydrogen-bond acceptors (Lipinski definition) is 4. The van der Waals surface area contributed by atoms with E-state index in [2.05, 4.69) is 0 Å². The molecule has 0 aromatic carbocycles. The summed E-state index contributed by atoms with van der Waals surface area (Å²) in [6.45, 7) is 6.80. The molecular weight excluding hydrogens is 402 g/mol. The highest BCUT2D eigenvalue weighted by Crippen LogP contribution is 2.75. The Hall–Kier alpha value is -0.300. The number of hydrazine groups is 1. The Balaban J connectivity index is 1.96. The summed E-state index contributed by atoms with van der Waals surface area (Å²) in [7, 11) is 0.